The van der Waals surface area contributed by atoms with Crippen molar-refractivity contribution in [3.63, 3.8) is 0 Å². The van der Waals surface area contributed by atoms with Crippen molar-refractivity contribution in [2.75, 3.05) is 0 Å². The van der Waals surface area contributed by atoms with Gasteiger partial charge < -0.3 is 0 Å². The van der Waals surface area contributed by atoms with Crippen LogP contribution in [-0.4, -0.2) is 14.4 Å². The van der Waals surface area contributed by atoms with Crippen molar-refractivity contribution in [3.8, 4) is 0 Å². The van der Waals surface area contributed by atoms with Gasteiger partial charge in [-0.05, 0) is 18.2 Å². The molecule has 120 valence electrons. The molecule has 0 bridgehead atoms. The van der Waals surface area contributed by atoms with Crippen LogP contribution < -0.4 is 5.56 Å². The van der Waals surface area contributed by atoms with Crippen molar-refractivity contribution < 1.29 is 0 Å². The fourth-order valence-corrected chi connectivity index (χ4v) is 2.56. The van der Waals surface area contributed by atoms with Crippen LogP contribution >= 0.6 is 0 Å². The van der Waals surface area contributed by atoms with Crippen LogP contribution in [0.1, 0.15) is 52.9 Å². The first-order valence-electron chi connectivity index (χ1n) is 7.91. The van der Waals surface area contributed by atoms with E-state index >= 15 is 0 Å². The Labute approximate surface area is 136 Å². The van der Waals surface area contributed by atoms with Crippen molar-refractivity contribution in [3.05, 3.63) is 52.2 Å². The van der Waals surface area contributed by atoms with Gasteiger partial charge in [-0.1, -0.05) is 41.5 Å². The monoisotopic (exact) mass is 309 g/mol. The third-order valence-electron chi connectivity index (χ3n) is 4.04. The third kappa shape index (κ3) is 2.74. The third-order valence-corrected chi connectivity index (χ3v) is 4.04. The molecule has 0 aliphatic carbocycles. The lowest BCUT2D eigenvalue weighted by Gasteiger charge is -2.19. The first-order valence-corrected chi connectivity index (χ1v) is 7.91. The highest BCUT2D eigenvalue weighted by atomic mass is 16.1. The van der Waals surface area contributed by atoms with E-state index in [1.165, 1.54) is 0 Å². The van der Waals surface area contributed by atoms with Crippen LogP contribution in [0, 0.1) is 0 Å². The van der Waals surface area contributed by atoms with E-state index in [2.05, 4.69) is 41.5 Å². The van der Waals surface area contributed by atoms with Crippen molar-refractivity contribution in [2.45, 2.75) is 52.4 Å². The number of pyridine rings is 2. The molecular formula is C19H23N3O. The number of rotatable bonds is 0. The fraction of sp³-hybridized carbons (Fsp3) is 0.421. The Morgan fingerprint density at radius 3 is 2.13 bits per heavy atom. The molecule has 4 heteroatoms. The predicted octanol–water partition coefficient (Wildman–Crippen LogP) is 3.84. The van der Waals surface area contributed by atoms with E-state index in [1.807, 2.05) is 18.2 Å². The maximum Gasteiger partial charge on any atom is 0.258 e. The molecule has 3 aromatic heterocycles. The minimum absolute atomic E-state index is 0.0132. The normalized spacial score (nSPS) is 13.0. The van der Waals surface area contributed by atoms with Crippen molar-refractivity contribution in [1.29, 1.82) is 0 Å². The van der Waals surface area contributed by atoms with Gasteiger partial charge in [-0.2, -0.15) is 0 Å². The van der Waals surface area contributed by atoms with E-state index in [0.29, 0.717) is 5.65 Å². The Bertz CT molecular complexity index is 956. The molecule has 0 saturated carbocycles. The summed E-state index contributed by atoms with van der Waals surface area (Å²) in [6.07, 6.45) is 1.76. The predicted molar refractivity (Wildman–Crippen MR) is 94.2 cm³/mol. The van der Waals surface area contributed by atoms with Crippen LogP contribution in [0.4, 0.5) is 0 Å². The Hall–Kier alpha value is -2.23. The molecule has 0 fully saturated rings. The van der Waals surface area contributed by atoms with Gasteiger partial charge in [0.25, 0.3) is 5.56 Å². The summed E-state index contributed by atoms with van der Waals surface area (Å²) in [4.78, 5) is 21.9. The van der Waals surface area contributed by atoms with Gasteiger partial charge in [0.15, 0.2) is 0 Å². The molecule has 23 heavy (non-hydrogen) atoms. The lowest BCUT2D eigenvalue weighted by Crippen LogP contribution is -2.22. The van der Waals surface area contributed by atoms with Crippen molar-refractivity contribution in [2.24, 2.45) is 0 Å². The molecule has 0 aliphatic rings. The molecule has 0 aromatic carbocycles. The second-order valence-corrected chi connectivity index (χ2v) is 8.12. The highest BCUT2D eigenvalue weighted by Gasteiger charge is 2.19. The molecule has 0 atom stereocenters. The highest BCUT2D eigenvalue weighted by Crippen LogP contribution is 2.25. The quantitative estimate of drug-likeness (QED) is 0.593. The molecule has 0 saturated heterocycles. The Morgan fingerprint density at radius 2 is 1.52 bits per heavy atom. The zero-order valence-electron chi connectivity index (χ0n) is 14.6. The summed E-state index contributed by atoms with van der Waals surface area (Å²) < 4.78 is 1.59. The summed E-state index contributed by atoms with van der Waals surface area (Å²) in [5.74, 6) is 0. The summed E-state index contributed by atoms with van der Waals surface area (Å²) in [6.45, 7) is 12.6. The number of nitrogens with zero attached hydrogens (tertiary/aromatic N) is 3. The van der Waals surface area contributed by atoms with Gasteiger partial charge >= 0.3 is 0 Å². The zero-order valence-corrected chi connectivity index (χ0v) is 14.6. The molecule has 0 spiro atoms. The molecule has 3 rings (SSSR count). The maximum atomic E-state index is 12.4. The molecule has 0 radical (unpaired) electrons. The largest absolute Gasteiger partial charge is 0.269 e. The summed E-state index contributed by atoms with van der Waals surface area (Å²) in [5.41, 5.74) is 3.14. The van der Waals surface area contributed by atoms with Gasteiger partial charge in [0.05, 0.1) is 11.2 Å². The van der Waals surface area contributed by atoms with E-state index in [1.54, 1.807) is 16.7 Å². The molecule has 0 unspecified atom stereocenters. The van der Waals surface area contributed by atoms with Crippen LogP contribution in [0.3, 0.4) is 0 Å². The average molecular weight is 309 g/mol. The van der Waals surface area contributed by atoms with Gasteiger partial charge in [0.1, 0.15) is 5.65 Å². The summed E-state index contributed by atoms with van der Waals surface area (Å²) in [7, 11) is 0. The molecule has 0 N–H and O–H groups in total. The SMILES string of the molecule is CC(C)(C)c1ccc2c(ccn3c(=O)cc(C(C)(C)C)nc23)n1. The molecule has 3 heterocycles. The van der Waals surface area contributed by atoms with Crippen LogP contribution in [0.15, 0.2) is 35.3 Å². The van der Waals surface area contributed by atoms with E-state index in [9.17, 15) is 4.79 Å². The molecule has 4 nitrogen and oxygen atoms in total. The topological polar surface area (TPSA) is 47.3 Å². The lowest BCUT2D eigenvalue weighted by molar-refractivity contribution is 0.567. The summed E-state index contributed by atoms with van der Waals surface area (Å²) >= 11 is 0. The Kier molecular flexibility index (Phi) is 3.32. The molecular weight excluding hydrogens is 286 g/mol. The minimum Gasteiger partial charge on any atom is -0.269 e. The van der Waals surface area contributed by atoms with Crippen LogP contribution in [0.5, 0.6) is 0 Å². The maximum absolute atomic E-state index is 12.4. The summed E-state index contributed by atoms with van der Waals surface area (Å²) in [6, 6.07) is 7.56. The number of hydrogen-bond donors (Lipinski definition) is 0. The Morgan fingerprint density at radius 1 is 0.870 bits per heavy atom. The minimum atomic E-state index is -0.172. The second-order valence-electron chi connectivity index (χ2n) is 8.12. The smallest absolute Gasteiger partial charge is 0.258 e. The molecule has 0 amide bonds. The van der Waals surface area contributed by atoms with Gasteiger partial charge in [0, 0.05) is 34.2 Å². The van der Waals surface area contributed by atoms with Crippen molar-refractivity contribution in [1.82, 2.24) is 14.4 Å². The van der Waals surface area contributed by atoms with Gasteiger partial charge in [0.2, 0.25) is 0 Å². The van der Waals surface area contributed by atoms with Gasteiger partial charge in [-0.25, -0.2) is 4.98 Å². The van der Waals surface area contributed by atoms with E-state index in [-0.39, 0.29) is 16.4 Å². The van der Waals surface area contributed by atoms with E-state index in [4.69, 9.17) is 9.97 Å². The number of aromatic nitrogens is 3. The Balaban J connectivity index is 2.38. The van der Waals surface area contributed by atoms with E-state index in [0.717, 1.165) is 22.3 Å². The summed E-state index contributed by atoms with van der Waals surface area (Å²) in [5, 5.41) is 0.906. The highest BCUT2D eigenvalue weighted by molar-refractivity contribution is 5.91. The molecule has 3 aromatic rings. The van der Waals surface area contributed by atoms with Gasteiger partial charge in [-0.3, -0.25) is 14.2 Å². The van der Waals surface area contributed by atoms with E-state index < -0.39 is 0 Å². The average Bonchev–Trinajstić information content (AvgIpc) is 2.44. The standard InChI is InChI=1S/C19H23N3O/c1-18(2,3)14-8-7-12-13(20-14)9-10-22-16(23)11-15(19(4,5)6)21-17(12)22/h7-11H,1-6H3. The molecule has 0 aliphatic heterocycles. The first-order chi connectivity index (χ1) is 10.6. The lowest BCUT2D eigenvalue weighted by atomic mass is 9.91. The first kappa shape index (κ1) is 15.7. The zero-order chi connectivity index (χ0) is 17.0. The number of fused-ring (bicyclic) bond motifs is 3. The van der Waals surface area contributed by atoms with Crippen LogP contribution in [0.2, 0.25) is 0 Å². The second kappa shape index (κ2) is 4.88. The van der Waals surface area contributed by atoms with Crippen LogP contribution in [0.25, 0.3) is 16.6 Å². The van der Waals surface area contributed by atoms with Gasteiger partial charge in [-0.15, -0.1) is 0 Å². The number of hydrogen-bond acceptors (Lipinski definition) is 3. The fourth-order valence-electron chi connectivity index (χ4n) is 2.56. The van der Waals surface area contributed by atoms with Crippen molar-refractivity contribution >= 4 is 16.6 Å². The van der Waals surface area contributed by atoms with Crippen LogP contribution in [-0.2, 0) is 10.8 Å².